The quantitative estimate of drug-likeness (QED) is 0.621. The van der Waals surface area contributed by atoms with E-state index in [-0.39, 0.29) is 12.2 Å². The van der Waals surface area contributed by atoms with Crippen molar-refractivity contribution in [1.29, 1.82) is 0 Å². The van der Waals surface area contributed by atoms with Gasteiger partial charge in [-0.25, -0.2) is 4.98 Å². The van der Waals surface area contributed by atoms with Crippen molar-refractivity contribution < 1.29 is 19.7 Å². The predicted octanol–water partition coefficient (Wildman–Crippen LogP) is 4.79. The fourth-order valence-electron chi connectivity index (χ4n) is 2.39. The van der Waals surface area contributed by atoms with E-state index < -0.39 is 5.97 Å². The Morgan fingerprint density at radius 1 is 1.36 bits per heavy atom. The highest BCUT2D eigenvalue weighted by molar-refractivity contribution is 9.10. The van der Waals surface area contributed by atoms with Crippen LogP contribution < -0.4 is 4.74 Å². The van der Waals surface area contributed by atoms with Crippen LogP contribution in [-0.2, 0) is 4.79 Å². The summed E-state index contributed by atoms with van der Waals surface area (Å²) in [5.74, 6) is -0.630. The highest BCUT2D eigenvalue weighted by Crippen LogP contribution is 2.37. The van der Waals surface area contributed by atoms with E-state index in [0.717, 1.165) is 10.2 Å². The number of carbonyl (C=O) groups is 1. The van der Waals surface area contributed by atoms with E-state index >= 15 is 0 Å². The minimum absolute atomic E-state index is 0.000535. The first-order valence-electron chi connectivity index (χ1n) is 7.32. The summed E-state index contributed by atoms with van der Waals surface area (Å²) in [5, 5.41) is 19.8. The predicted molar refractivity (Wildman–Crippen MR) is 102 cm³/mol. The minimum Gasteiger partial charge on any atom is -0.503 e. The van der Waals surface area contributed by atoms with Crippen molar-refractivity contribution in [3.8, 4) is 11.5 Å². The van der Waals surface area contributed by atoms with E-state index in [1.54, 1.807) is 18.2 Å². The highest BCUT2D eigenvalue weighted by Gasteiger charge is 2.14. The Balaban J connectivity index is 2.10. The van der Waals surface area contributed by atoms with Crippen LogP contribution in [0, 0.1) is 0 Å². The molecule has 2 N–H and O–H groups in total. The zero-order valence-corrected chi connectivity index (χ0v) is 15.6. The fourth-order valence-corrected chi connectivity index (χ4v) is 3.83. The maximum absolute atomic E-state index is 11.3. The first-order valence-corrected chi connectivity index (χ1v) is 8.93. The second kappa shape index (κ2) is 7.25. The van der Waals surface area contributed by atoms with Crippen molar-refractivity contribution in [2.45, 2.75) is 6.42 Å². The molecule has 1 heterocycles. The summed E-state index contributed by atoms with van der Waals surface area (Å²) in [6, 6.07) is 11.0. The van der Waals surface area contributed by atoms with Crippen LogP contribution in [0.3, 0.4) is 0 Å². The summed E-state index contributed by atoms with van der Waals surface area (Å²) >= 11 is 4.72. The molecule has 0 radical (unpaired) electrons. The third-order valence-corrected chi connectivity index (χ3v) is 5.24. The topological polar surface area (TPSA) is 79.7 Å². The van der Waals surface area contributed by atoms with Crippen LogP contribution in [-0.4, -0.2) is 28.3 Å². The van der Waals surface area contributed by atoms with Gasteiger partial charge in [-0.1, -0.05) is 12.1 Å². The van der Waals surface area contributed by atoms with Crippen LogP contribution >= 0.6 is 27.3 Å². The molecular weight excluding hydrogens is 406 g/mol. The molecule has 0 aliphatic rings. The molecule has 0 aliphatic carbocycles. The van der Waals surface area contributed by atoms with Gasteiger partial charge >= 0.3 is 5.97 Å². The summed E-state index contributed by atoms with van der Waals surface area (Å²) in [6.07, 6.45) is 1.60. The molecule has 5 nitrogen and oxygen atoms in total. The Morgan fingerprint density at radius 3 is 2.80 bits per heavy atom. The molecule has 0 saturated carbocycles. The zero-order chi connectivity index (χ0) is 18.0. The van der Waals surface area contributed by atoms with Crippen molar-refractivity contribution in [3.05, 3.63) is 51.4 Å². The van der Waals surface area contributed by atoms with Crippen LogP contribution in [0.25, 0.3) is 21.9 Å². The van der Waals surface area contributed by atoms with Crippen LogP contribution in [0.4, 0.5) is 0 Å². The number of fused-ring (bicyclic) bond motifs is 1. The second-order valence-electron chi connectivity index (χ2n) is 5.28. The number of carboxylic acids is 1. The molecule has 1 aromatic heterocycles. The number of phenolic OH excluding ortho intramolecular Hbond substituents is 1. The Morgan fingerprint density at radius 2 is 2.12 bits per heavy atom. The smallest absolute Gasteiger partial charge is 0.307 e. The molecule has 0 amide bonds. The van der Waals surface area contributed by atoms with Gasteiger partial charge in [0.2, 0.25) is 0 Å². The number of para-hydroxylation sites is 1. The Bertz CT molecular complexity index is 947. The van der Waals surface area contributed by atoms with Crippen LogP contribution in [0.1, 0.15) is 17.0 Å². The van der Waals surface area contributed by atoms with E-state index in [0.29, 0.717) is 26.4 Å². The molecule has 0 saturated heterocycles. The number of aliphatic carboxylic acids is 1. The molecule has 3 rings (SSSR count). The normalized spacial score (nSPS) is 11.7. The maximum Gasteiger partial charge on any atom is 0.307 e. The molecule has 0 spiro atoms. The first-order chi connectivity index (χ1) is 12.0. The first kappa shape index (κ1) is 17.4. The van der Waals surface area contributed by atoms with Crippen LogP contribution in [0.15, 0.2) is 40.9 Å². The van der Waals surface area contributed by atoms with Gasteiger partial charge in [0.05, 0.1) is 28.2 Å². The molecule has 0 unspecified atom stereocenters. The van der Waals surface area contributed by atoms with Crippen molar-refractivity contribution >= 4 is 55.1 Å². The van der Waals surface area contributed by atoms with Crippen molar-refractivity contribution in [2.24, 2.45) is 0 Å². The van der Waals surface area contributed by atoms with Gasteiger partial charge in [0.15, 0.2) is 11.5 Å². The van der Waals surface area contributed by atoms with E-state index in [9.17, 15) is 15.0 Å². The summed E-state index contributed by atoms with van der Waals surface area (Å²) in [6.45, 7) is 0. The Hall–Kier alpha value is -2.38. The van der Waals surface area contributed by atoms with Crippen molar-refractivity contribution in [1.82, 2.24) is 4.98 Å². The number of methoxy groups -OCH3 is 1. The number of hydrogen-bond acceptors (Lipinski definition) is 5. The van der Waals surface area contributed by atoms with E-state index in [1.165, 1.54) is 18.4 Å². The average Bonchev–Trinajstić information content (AvgIpc) is 3.01. The molecule has 0 fully saturated rings. The molecule has 2 aromatic carbocycles. The molecular formula is C18H14BrNO4S. The lowest BCUT2D eigenvalue weighted by Crippen LogP contribution is -1.97. The number of halogens is 1. The number of rotatable bonds is 5. The summed E-state index contributed by atoms with van der Waals surface area (Å²) < 4.78 is 6.61. The number of carboxylic acid groups (broad SMARTS) is 1. The molecule has 0 aliphatic heterocycles. The largest absolute Gasteiger partial charge is 0.503 e. The van der Waals surface area contributed by atoms with Gasteiger partial charge in [-0.2, -0.15) is 0 Å². The van der Waals surface area contributed by atoms with E-state index in [2.05, 4.69) is 20.9 Å². The van der Waals surface area contributed by atoms with Crippen LogP contribution in [0.2, 0.25) is 0 Å². The fraction of sp³-hybridized carbons (Fsp3) is 0.111. The SMILES string of the molecule is COc1cc(C=C(CC(=O)O)c2nc3ccccc3s2)cc(Br)c1O. The van der Waals surface area contributed by atoms with Gasteiger partial charge < -0.3 is 14.9 Å². The molecule has 0 bridgehead atoms. The van der Waals surface area contributed by atoms with Crippen molar-refractivity contribution in [3.63, 3.8) is 0 Å². The van der Waals surface area contributed by atoms with E-state index in [1.807, 2.05) is 24.3 Å². The second-order valence-corrected chi connectivity index (χ2v) is 7.17. The molecule has 0 atom stereocenters. The number of benzene rings is 2. The molecule has 25 heavy (non-hydrogen) atoms. The zero-order valence-electron chi connectivity index (χ0n) is 13.2. The third kappa shape index (κ3) is 3.83. The number of aromatic nitrogens is 1. The number of thiazole rings is 1. The van der Waals surface area contributed by atoms with Gasteiger partial charge in [0.1, 0.15) is 5.01 Å². The number of hydrogen-bond donors (Lipinski definition) is 2. The Kier molecular flexibility index (Phi) is 5.06. The summed E-state index contributed by atoms with van der Waals surface area (Å²) in [4.78, 5) is 15.8. The van der Waals surface area contributed by atoms with Gasteiger partial charge in [-0.15, -0.1) is 11.3 Å². The van der Waals surface area contributed by atoms with E-state index in [4.69, 9.17) is 4.74 Å². The van der Waals surface area contributed by atoms with Gasteiger partial charge in [-0.05, 0) is 57.4 Å². The van der Waals surface area contributed by atoms with Crippen LogP contribution in [0.5, 0.6) is 11.5 Å². The summed E-state index contributed by atoms with van der Waals surface area (Å²) in [5.41, 5.74) is 2.13. The van der Waals surface area contributed by atoms with Crippen molar-refractivity contribution in [2.75, 3.05) is 7.11 Å². The lowest BCUT2D eigenvalue weighted by molar-refractivity contribution is -0.135. The monoisotopic (exact) mass is 419 g/mol. The standard InChI is InChI=1S/C18H14BrNO4S/c1-24-14-8-10(7-12(19)17(14)23)6-11(9-16(21)22)18-20-13-4-2-3-5-15(13)25-18/h2-8,23H,9H2,1H3,(H,21,22). The third-order valence-electron chi connectivity index (χ3n) is 3.52. The van der Waals surface area contributed by atoms with Gasteiger partial charge in [0.25, 0.3) is 0 Å². The van der Waals surface area contributed by atoms with Gasteiger partial charge in [-0.3, -0.25) is 4.79 Å². The maximum atomic E-state index is 11.3. The molecule has 128 valence electrons. The number of phenols is 1. The number of ether oxygens (including phenoxy) is 1. The summed E-state index contributed by atoms with van der Waals surface area (Å²) in [7, 11) is 1.46. The highest BCUT2D eigenvalue weighted by atomic mass is 79.9. The average molecular weight is 420 g/mol. The lowest BCUT2D eigenvalue weighted by atomic mass is 10.1. The van der Waals surface area contributed by atoms with Gasteiger partial charge in [0, 0.05) is 0 Å². The number of aromatic hydroxyl groups is 1. The Labute approximate surface area is 156 Å². The number of nitrogens with zero attached hydrogens (tertiary/aromatic N) is 1. The molecule has 3 aromatic rings. The lowest BCUT2D eigenvalue weighted by Gasteiger charge is -2.08. The minimum atomic E-state index is -0.935. The molecule has 7 heteroatoms.